The van der Waals surface area contributed by atoms with Gasteiger partial charge >= 0.3 is 0 Å². The summed E-state index contributed by atoms with van der Waals surface area (Å²) >= 11 is 0. The van der Waals surface area contributed by atoms with Crippen molar-refractivity contribution >= 4 is 23.8 Å². The van der Waals surface area contributed by atoms with E-state index in [1.54, 1.807) is 13.8 Å². The number of carbonyl (C=O) groups is 4. The van der Waals surface area contributed by atoms with Crippen LogP contribution in [0.15, 0.2) is 22.9 Å². The molecule has 19 heavy (non-hydrogen) atoms. The summed E-state index contributed by atoms with van der Waals surface area (Å²) in [6.07, 6.45) is 3.02. The average Bonchev–Trinajstić information content (AvgIpc) is 2.55. The van der Waals surface area contributed by atoms with E-state index >= 15 is 0 Å². The number of hydrogen-bond donors (Lipinski definition) is 1. The Morgan fingerprint density at radius 1 is 1.21 bits per heavy atom. The normalized spacial score (nSPS) is 20.5. The number of amides is 1. The highest BCUT2D eigenvalue weighted by atomic mass is 16.2. The molecule has 2 rings (SSSR count). The number of rotatable bonds is 2. The van der Waals surface area contributed by atoms with E-state index in [1.165, 1.54) is 6.08 Å². The second kappa shape index (κ2) is 4.57. The van der Waals surface area contributed by atoms with Crippen LogP contribution in [-0.4, -0.2) is 23.8 Å². The Labute approximate surface area is 110 Å². The molecular weight excluding hydrogens is 246 g/mol. The number of hydrogen-bond acceptors (Lipinski definition) is 4. The van der Waals surface area contributed by atoms with Crippen LogP contribution in [0.5, 0.6) is 0 Å². The highest BCUT2D eigenvalue weighted by molar-refractivity contribution is 6.24. The maximum atomic E-state index is 12.4. The van der Waals surface area contributed by atoms with Gasteiger partial charge in [-0.3, -0.25) is 14.4 Å². The van der Waals surface area contributed by atoms with Gasteiger partial charge in [-0.05, 0) is 32.8 Å². The van der Waals surface area contributed by atoms with E-state index in [0.29, 0.717) is 31.1 Å². The predicted octanol–water partition coefficient (Wildman–Crippen LogP) is 0.844. The predicted molar refractivity (Wildman–Crippen MR) is 67.0 cm³/mol. The third-order valence-corrected chi connectivity index (χ3v) is 3.43. The molecule has 0 saturated heterocycles. The molecule has 1 N–H and O–H groups in total. The van der Waals surface area contributed by atoms with Gasteiger partial charge in [0.15, 0.2) is 5.78 Å². The molecule has 0 atom stereocenters. The van der Waals surface area contributed by atoms with Crippen LogP contribution < -0.4 is 5.32 Å². The van der Waals surface area contributed by atoms with Gasteiger partial charge in [0.2, 0.25) is 11.7 Å². The molecule has 1 amide bonds. The number of aldehydes is 1. The molecule has 0 spiro atoms. The Balaban J connectivity index is 2.47. The Kier molecular flexibility index (Phi) is 3.22. The van der Waals surface area contributed by atoms with E-state index in [-0.39, 0.29) is 23.0 Å². The molecule has 0 aromatic carbocycles. The van der Waals surface area contributed by atoms with Crippen molar-refractivity contribution in [3.63, 3.8) is 0 Å². The molecule has 0 aromatic heterocycles. The third kappa shape index (κ3) is 2.28. The van der Waals surface area contributed by atoms with Crippen LogP contribution in [0.3, 0.4) is 0 Å². The summed E-state index contributed by atoms with van der Waals surface area (Å²) in [6.45, 7) is 3.19. The molecule has 1 aliphatic heterocycles. The lowest BCUT2D eigenvalue weighted by Gasteiger charge is -2.25. The maximum Gasteiger partial charge on any atom is 0.224 e. The minimum absolute atomic E-state index is 0.0814. The third-order valence-electron chi connectivity index (χ3n) is 3.43. The molecule has 1 aliphatic carbocycles. The second-order valence-electron chi connectivity index (χ2n) is 5.35. The number of carbonyl (C=O) groups excluding carboxylic acids is 4. The topological polar surface area (TPSA) is 80.3 Å². The van der Waals surface area contributed by atoms with E-state index in [0.717, 1.165) is 0 Å². The van der Waals surface area contributed by atoms with E-state index in [9.17, 15) is 19.2 Å². The zero-order chi connectivity index (χ0) is 14.2. The summed E-state index contributed by atoms with van der Waals surface area (Å²) in [5, 5.41) is 2.49. The molecule has 0 unspecified atom stereocenters. The summed E-state index contributed by atoms with van der Waals surface area (Å²) in [4.78, 5) is 46.9. The van der Waals surface area contributed by atoms with Gasteiger partial charge in [0, 0.05) is 23.0 Å². The van der Waals surface area contributed by atoms with Crippen LogP contribution in [-0.2, 0) is 19.2 Å². The van der Waals surface area contributed by atoms with Gasteiger partial charge in [-0.25, -0.2) is 0 Å². The fraction of sp³-hybridized carbons (Fsp3) is 0.429. The van der Waals surface area contributed by atoms with Crippen LogP contribution >= 0.6 is 0 Å². The smallest absolute Gasteiger partial charge is 0.224 e. The van der Waals surface area contributed by atoms with E-state index in [1.807, 2.05) is 0 Å². The quantitative estimate of drug-likeness (QED) is 0.590. The molecule has 0 aromatic rings. The van der Waals surface area contributed by atoms with Crippen molar-refractivity contribution < 1.29 is 19.2 Å². The maximum absolute atomic E-state index is 12.4. The molecular formula is C14H15NO4. The van der Waals surface area contributed by atoms with Gasteiger partial charge in [0.05, 0.1) is 5.70 Å². The Morgan fingerprint density at radius 2 is 1.89 bits per heavy atom. The minimum atomic E-state index is -0.998. The van der Waals surface area contributed by atoms with Crippen molar-refractivity contribution in [2.24, 2.45) is 5.41 Å². The van der Waals surface area contributed by atoms with E-state index in [4.69, 9.17) is 0 Å². The van der Waals surface area contributed by atoms with Crippen molar-refractivity contribution in [1.82, 2.24) is 5.32 Å². The molecule has 2 aliphatic rings. The van der Waals surface area contributed by atoms with Gasteiger partial charge in [-0.15, -0.1) is 0 Å². The number of ketones is 2. The van der Waals surface area contributed by atoms with Crippen LogP contribution in [0.4, 0.5) is 0 Å². The van der Waals surface area contributed by atoms with E-state index in [2.05, 4.69) is 5.32 Å². The highest BCUT2D eigenvalue weighted by Crippen LogP contribution is 2.33. The molecule has 1 heterocycles. The summed E-state index contributed by atoms with van der Waals surface area (Å²) < 4.78 is 0. The van der Waals surface area contributed by atoms with Gasteiger partial charge in [0.1, 0.15) is 6.29 Å². The summed E-state index contributed by atoms with van der Waals surface area (Å²) in [5.74, 6) is -0.971. The summed E-state index contributed by atoms with van der Waals surface area (Å²) in [6, 6.07) is 0. The van der Waals surface area contributed by atoms with Gasteiger partial charge in [-0.1, -0.05) is 0 Å². The standard InChI is InChI=1S/C14H15NO4/c1-14(2,7-16)9-6-10(17)12-8(13(9)19)4-3-5-11(18)15-12/h6-7H,3-5H2,1-2H3,(H,15,18). The second-order valence-corrected chi connectivity index (χ2v) is 5.35. The number of Topliss-reactive ketones (excluding diaryl/α,β-unsaturated/α-hetero) is 1. The van der Waals surface area contributed by atoms with Gasteiger partial charge in [-0.2, -0.15) is 0 Å². The fourth-order valence-corrected chi connectivity index (χ4v) is 2.24. The van der Waals surface area contributed by atoms with Crippen molar-refractivity contribution in [3.05, 3.63) is 22.9 Å². The molecule has 0 radical (unpaired) electrons. The van der Waals surface area contributed by atoms with Crippen molar-refractivity contribution in [1.29, 1.82) is 0 Å². The molecule has 0 saturated carbocycles. The highest BCUT2D eigenvalue weighted by Gasteiger charge is 2.37. The zero-order valence-electron chi connectivity index (χ0n) is 10.9. The first-order valence-corrected chi connectivity index (χ1v) is 6.17. The van der Waals surface area contributed by atoms with Crippen molar-refractivity contribution in [3.8, 4) is 0 Å². The van der Waals surface area contributed by atoms with Crippen LogP contribution in [0.1, 0.15) is 33.1 Å². The lowest BCUT2D eigenvalue weighted by Crippen LogP contribution is -2.34. The lowest BCUT2D eigenvalue weighted by atomic mass is 9.77. The summed E-state index contributed by atoms with van der Waals surface area (Å²) in [5.41, 5.74) is -0.398. The molecule has 100 valence electrons. The Bertz CT molecular complexity index is 552. The van der Waals surface area contributed by atoms with Gasteiger partial charge < -0.3 is 10.1 Å². The molecule has 5 heteroatoms. The monoisotopic (exact) mass is 261 g/mol. The Hall–Kier alpha value is -2.04. The Morgan fingerprint density at radius 3 is 2.53 bits per heavy atom. The van der Waals surface area contributed by atoms with Crippen LogP contribution in [0.2, 0.25) is 0 Å². The first-order valence-electron chi connectivity index (χ1n) is 6.17. The summed E-state index contributed by atoms with van der Waals surface area (Å²) in [7, 11) is 0. The van der Waals surface area contributed by atoms with Crippen molar-refractivity contribution in [2.45, 2.75) is 33.1 Å². The lowest BCUT2D eigenvalue weighted by molar-refractivity contribution is -0.122. The van der Waals surface area contributed by atoms with Gasteiger partial charge in [0.25, 0.3) is 0 Å². The minimum Gasteiger partial charge on any atom is -0.322 e. The first-order chi connectivity index (χ1) is 8.86. The van der Waals surface area contributed by atoms with Crippen molar-refractivity contribution in [2.75, 3.05) is 0 Å². The molecule has 5 nitrogen and oxygen atoms in total. The zero-order valence-corrected chi connectivity index (χ0v) is 10.9. The largest absolute Gasteiger partial charge is 0.322 e. The average molecular weight is 261 g/mol. The molecule has 0 bridgehead atoms. The fourth-order valence-electron chi connectivity index (χ4n) is 2.24. The SMILES string of the molecule is CC(C)(C=O)C1=CC(=O)C2=C(CCCC(=O)N2)C1=O. The molecule has 0 fully saturated rings. The number of nitrogens with one attached hydrogen (secondary N) is 1. The van der Waals surface area contributed by atoms with Crippen LogP contribution in [0.25, 0.3) is 0 Å². The first kappa shape index (κ1) is 13.4. The van der Waals surface area contributed by atoms with E-state index < -0.39 is 11.2 Å². The number of allylic oxidation sites excluding steroid dienone is 3. The van der Waals surface area contributed by atoms with Crippen LogP contribution in [0, 0.1) is 5.41 Å².